The fourth-order valence-electron chi connectivity index (χ4n) is 1.72. The van der Waals surface area contributed by atoms with Crippen molar-refractivity contribution in [2.45, 2.75) is 6.92 Å². The number of carbonyl (C=O) groups is 1. The topological polar surface area (TPSA) is 54.0 Å². The number of nitrogens with zero attached hydrogens (tertiary/aromatic N) is 1. The maximum absolute atomic E-state index is 13.2. The van der Waals surface area contributed by atoms with E-state index in [1.54, 1.807) is 19.2 Å². The first-order valence-electron chi connectivity index (χ1n) is 5.92. The Kier molecular flexibility index (Phi) is 4.20. The highest BCUT2D eigenvalue weighted by Gasteiger charge is 2.14. The van der Waals surface area contributed by atoms with Gasteiger partial charge in [-0.2, -0.15) is 0 Å². The van der Waals surface area contributed by atoms with Crippen molar-refractivity contribution in [1.29, 1.82) is 0 Å². The maximum atomic E-state index is 13.2. The van der Waals surface area contributed by atoms with E-state index < -0.39 is 11.7 Å². The Morgan fingerprint density at radius 3 is 2.75 bits per heavy atom. The molecule has 0 atom stereocenters. The summed E-state index contributed by atoms with van der Waals surface area (Å²) in [6.07, 6.45) is 1.04. The third kappa shape index (κ3) is 3.05. The lowest BCUT2D eigenvalue weighted by atomic mass is 10.2. The number of nitrogens with one attached hydrogen (secondary N) is 2. The predicted molar refractivity (Wildman–Crippen MR) is 77.9 cm³/mol. The fraction of sp³-hybridized carbons (Fsp3) is 0.143. The zero-order chi connectivity index (χ0) is 14.7. The van der Waals surface area contributed by atoms with Crippen molar-refractivity contribution in [3.63, 3.8) is 0 Å². The van der Waals surface area contributed by atoms with Crippen LogP contribution in [0.3, 0.4) is 0 Å². The van der Waals surface area contributed by atoms with Crippen LogP contribution in [0, 0.1) is 12.7 Å². The monoisotopic (exact) mass is 293 g/mol. The van der Waals surface area contributed by atoms with Crippen LogP contribution < -0.4 is 10.6 Å². The lowest BCUT2D eigenvalue weighted by Crippen LogP contribution is -2.15. The smallest absolute Gasteiger partial charge is 0.259 e. The number of aryl methyl sites for hydroxylation is 1. The Labute approximate surface area is 121 Å². The molecule has 0 aliphatic heterocycles. The van der Waals surface area contributed by atoms with E-state index in [0.29, 0.717) is 16.5 Å². The molecule has 2 aromatic rings. The van der Waals surface area contributed by atoms with Crippen molar-refractivity contribution >= 4 is 29.0 Å². The van der Waals surface area contributed by atoms with Gasteiger partial charge in [-0.15, -0.1) is 0 Å². The van der Waals surface area contributed by atoms with E-state index in [4.69, 9.17) is 11.6 Å². The summed E-state index contributed by atoms with van der Waals surface area (Å²) in [6, 6.07) is 6.38. The van der Waals surface area contributed by atoms with Crippen LogP contribution in [0.5, 0.6) is 0 Å². The number of rotatable bonds is 3. The molecule has 0 saturated carbocycles. The van der Waals surface area contributed by atoms with Gasteiger partial charge in [-0.25, -0.2) is 9.37 Å². The zero-order valence-electron chi connectivity index (χ0n) is 11.0. The van der Waals surface area contributed by atoms with Gasteiger partial charge in [0, 0.05) is 7.05 Å². The van der Waals surface area contributed by atoms with Crippen LogP contribution in [-0.4, -0.2) is 17.9 Å². The third-order valence-corrected chi connectivity index (χ3v) is 3.02. The summed E-state index contributed by atoms with van der Waals surface area (Å²) < 4.78 is 13.2. The molecule has 1 amide bonds. The van der Waals surface area contributed by atoms with Gasteiger partial charge in [0.05, 0.1) is 22.5 Å². The molecule has 20 heavy (non-hydrogen) atoms. The number of hydrogen-bond donors (Lipinski definition) is 2. The summed E-state index contributed by atoms with van der Waals surface area (Å²) in [5.41, 5.74) is 1.56. The molecule has 0 bridgehead atoms. The number of pyridine rings is 1. The Morgan fingerprint density at radius 2 is 2.10 bits per heavy atom. The molecule has 0 unspecified atom stereocenters. The number of carbonyl (C=O) groups excluding carboxylic acids is 1. The third-order valence-electron chi connectivity index (χ3n) is 2.71. The number of aromatic nitrogens is 1. The second-order valence-electron chi connectivity index (χ2n) is 4.24. The van der Waals surface area contributed by atoms with Crippen LogP contribution in [0.2, 0.25) is 5.02 Å². The van der Waals surface area contributed by atoms with Crippen LogP contribution in [-0.2, 0) is 0 Å². The standard InChI is InChI=1S/C14H13ClFN3O/c1-8-3-4-12(11(15)5-8)19-14(20)10-6-9(16)7-18-13(10)17-2/h3-7H,1-2H3,(H,17,18)(H,19,20). The molecule has 1 aromatic carbocycles. The van der Waals surface area contributed by atoms with Crippen LogP contribution >= 0.6 is 11.6 Å². The van der Waals surface area contributed by atoms with Gasteiger partial charge in [0.2, 0.25) is 0 Å². The molecule has 2 rings (SSSR count). The Balaban J connectivity index is 2.30. The Bertz CT molecular complexity index is 661. The molecule has 6 heteroatoms. The van der Waals surface area contributed by atoms with Crippen molar-refractivity contribution in [3.05, 3.63) is 52.4 Å². The van der Waals surface area contributed by atoms with Gasteiger partial charge in [-0.1, -0.05) is 17.7 Å². The molecule has 104 valence electrons. The van der Waals surface area contributed by atoms with Crippen LogP contribution in [0.15, 0.2) is 30.5 Å². The van der Waals surface area contributed by atoms with E-state index in [2.05, 4.69) is 15.6 Å². The predicted octanol–water partition coefficient (Wildman–Crippen LogP) is 3.48. The quantitative estimate of drug-likeness (QED) is 0.911. The second-order valence-corrected chi connectivity index (χ2v) is 4.64. The SMILES string of the molecule is CNc1ncc(F)cc1C(=O)Nc1ccc(C)cc1Cl. The molecule has 0 radical (unpaired) electrons. The molecular formula is C14H13ClFN3O. The molecule has 0 fully saturated rings. The summed E-state index contributed by atoms with van der Waals surface area (Å²) in [6.45, 7) is 1.90. The largest absolute Gasteiger partial charge is 0.372 e. The summed E-state index contributed by atoms with van der Waals surface area (Å²) in [7, 11) is 1.61. The van der Waals surface area contributed by atoms with Crippen molar-refractivity contribution in [2.75, 3.05) is 17.7 Å². The average molecular weight is 294 g/mol. The molecule has 0 saturated heterocycles. The molecule has 0 aliphatic rings. The summed E-state index contributed by atoms with van der Waals surface area (Å²) in [4.78, 5) is 16.0. The van der Waals surface area contributed by atoms with Gasteiger partial charge in [0.15, 0.2) is 0 Å². The first-order valence-corrected chi connectivity index (χ1v) is 6.30. The highest BCUT2D eigenvalue weighted by molar-refractivity contribution is 6.34. The van der Waals surface area contributed by atoms with Crippen molar-refractivity contribution in [2.24, 2.45) is 0 Å². The maximum Gasteiger partial charge on any atom is 0.259 e. The van der Waals surface area contributed by atoms with E-state index in [9.17, 15) is 9.18 Å². The highest BCUT2D eigenvalue weighted by Crippen LogP contribution is 2.24. The molecule has 1 heterocycles. The first kappa shape index (κ1) is 14.3. The van der Waals surface area contributed by atoms with Gasteiger partial charge in [0.1, 0.15) is 11.6 Å². The zero-order valence-corrected chi connectivity index (χ0v) is 11.8. The number of benzene rings is 1. The van der Waals surface area contributed by atoms with Gasteiger partial charge in [-0.05, 0) is 30.7 Å². The van der Waals surface area contributed by atoms with E-state index in [1.807, 2.05) is 13.0 Å². The molecule has 0 spiro atoms. The Morgan fingerprint density at radius 1 is 1.35 bits per heavy atom. The molecule has 0 aliphatic carbocycles. The number of amides is 1. The molecule has 1 aromatic heterocycles. The van der Waals surface area contributed by atoms with E-state index in [-0.39, 0.29) is 5.56 Å². The van der Waals surface area contributed by atoms with Gasteiger partial charge >= 0.3 is 0 Å². The van der Waals surface area contributed by atoms with Gasteiger partial charge in [-0.3, -0.25) is 4.79 Å². The minimum absolute atomic E-state index is 0.115. The minimum Gasteiger partial charge on any atom is -0.372 e. The lowest BCUT2D eigenvalue weighted by Gasteiger charge is -2.10. The summed E-state index contributed by atoms with van der Waals surface area (Å²) in [5, 5.41) is 5.80. The van der Waals surface area contributed by atoms with Gasteiger partial charge < -0.3 is 10.6 Å². The molecular weight excluding hydrogens is 281 g/mol. The normalized spacial score (nSPS) is 10.2. The van der Waals surface area contributed by atoms with Crippen molar-refractivity contribution in [1.82, 2.24) is 4.98 Å². The lowest BCUT2D eigenvalue weighted by molar-refractivity contribution is 0.102. The number of anilines is 2. The first-order chi connectivity index (χ1) is 9.51. The van der Waals surface area contributed by atoms with Crippen LogP contribution in [0.25, 0.3) is 0 Å². The van der Waals surface area contributed by atoms with E-state index >= 15 is 0 Å². The number of halogens is 2. The molecule has 2 N–H and O–H groups in total. The van der Waals surface area contributed by atoms with Gasteiger partial charge in [0.25, 0.3) is 5.91 Å². The van der Waals surface area contributed by atoms with Crippen LogP contribution in [0.4, 0.5) is 15.9 Å². The summed E-state index contributed by atoms with van der Waals surface area (Å²) >= 11 is 6.05. The molecule has 4 nitrogen and oxygen atoms in total. The Hall–Kier alpha value is -2.14. The van der Waals surface area contributed by atoms with E-state index in [0.717, 1.165) is 17.8 Å². The van der Waals surface area contributed by atoms with Crippen molar-refractivity contribution < 1.29 is 9.18 Å². The summed E-state index contributed by atoms with van der Waals surface area (Å²) in [5.74, 6) is -0.761. The minimum atomic E-state index is -0.579. The van der Waals surface area contributed by atoms with Crippen molar-refractivity contribution in [3.8, 4) is 0 Å². The average Bonchev–Trinajstić information content (AvgIpc) is 2.41. The second kappa shape index (κ2) is 5.88. The van der Waals surface area contributed by atoms with Crippen LogP contribution in [0.1, 0.15) is 15.9 Å². The van der Waals surface area contributed by atoms with E-state index in [1.165, 1.54) is 0 Å². The highest BCUT2D eigenvalue weighted by atomic mass is 35.5. The fourth-order valence-corrected chi connectivity index (χ4v) is 2.01. The number of hydrogen-bond acceptors (Lipinski definition) is 3.